The van der Waals surface area contributed by atoms with Gasteiger partial charge in [0.05, 0.1) is 5.60 Å². The Kier molecular flexibility index (Phi) is 2.26. The molecule has 1 unspecified atom stereocenters. The first-order valence-corrected chi connectivity index (χ1v) is 7.70. The van der Waals surface area contributed by atoms with Gasteiger partial charge in [-0.05, 0) is 39.4 Å². The topological polar surface area (TPSA) is 9.23 Å². The van der Waals surface area contributed by atoms with Crippen molar-refractivity contribution < 1.29 is 4.43 Å². The third-order valence-electron chi connectivity index (χ3n) is 1.82. The molecule has 0 spiro atoms. The van der Waals surface area contributed by atoms with Crippen LogP contribution in [0.5, 0.6) is 0 Å². The lowest BCUT2D eigenvalue weighted by atomic mass is 10.1. The monoisotopic (exact) mass is 170 g/mol. The maximum atomic E-state index is 6.04. The molecule has 1 rings (SSSR count). The Balaban J connectivity index is 2.54. The van der Waals surface area contributed by atoms with Crippen molar-refractivity contribution in [2.24, 2.45) is 0 Å². The lowest BCUT2D eigenvalue weighted by Crippen LogP contribution is -2.37. The molecule has 0 N–H and O–H groups in total. The molecular weight excluding hydrogens is 152 g/mol. The highest BCUT2D eigenvalue weighted by Crippen LogP contribution is 2.29. The molecule has 0 saturated heterocycles. The Morgan fingerprint density at radius 2 is 2.00 bits per heavy atom. The van der Waals surface area contributed by atoms with E-state index in [1.54, 1.807) is 0 Å². The first-order chi connectivity index (χ1) is 4.91. The fourth-order valence-corrected chi connectivity index (χ4v) is 3.14. The van der Waals surface area contributed by atoms with E-state index in [-0.39, 0.29) is 5.60 Å². The third kappa shape index (κ3) is 2.79. The zero-order valence-electron chi connectivity index (χ0n) is 7.98. The van der Waals surface area contributed by atoms with Crippen LogP contribution in [0.3, 0.4) is 0 Å². The summed E-state index contributed by atoms with van der Waals surface area (Å²) in [7, 11) is -1.35. The first kappa shape index (κ1) is 9.01. The van der Waals surface area contributed by atoms with Crippen molar-refractivity contribution in [1.82, 2.24) is 0 Å². The molecule has 0 radical (unpaired) electrons. The Morgan fingerprint density at radius 3 is 2.36 bits per heavy atom. The fourth-order valence-electron chi connectivity index (χ4n) is 1.57. The van der Waals surface area contributed by atoms with Gasteiger partial charge in [-0.15, -0.1) is 0 Å². The SMILES string of the molecule is CC1(O[Si](C)(C)C)C=CCC1. The Labute approximate surface area is 70.6 Å². The first-order valence-electron chi connectivity index (χ1n) is 4.29. The molecule has 0 saturated carbocycles. The summed E-state index contributed by atoms with van der Waals surface area (Å²) in [5.74, 6) is 0. The minimum atomic E-state index is -1.35. The van der Waals surface area contributed by atoms with Crippen molar-refractivity contribution >= 4 is 8.32 Å². The molecule has 1 aliphatic rings. The fraction of sp³-hybridized carbons (Fsp3) is 0.778. The molecule has 0 fully saturated rings. The summed E-state index contributed by atoms with van der Waals surface area (Å²) in [5, 5.41) is 0. The Hall–Kier alpha value is -0.0831. The van der Waals surface area contributed by atoms with Crippen molar-refractivity contribution in [3.05, 3.63) is 12.2 Å². The van der Waals surface area contributed by atoms with Gasteiger partial charge in [0.1, 0.15) is 0 Å². The summed E-state index contributed by atoms with van der Waals surface area (Å²) in [5.41, 5.74) is 0.0600. The van der Waals surface area contributed by atoms with E-state index in [0.717, 1.165) is 6.42 Å². The van der Waals surface area contributed by atoms with Crippen LogP contribution in [0.2, 0.25) is 19.6 Å². The Morgan fingerprint density at radius 1 is 1.36 bits per heavy atom. The van der Waals surface area contributed by atoms with Crippen LogP contribution in [0, 0.1) is 0 Å². The van der Waals surface area contributed by atoms with Crippen LogP contribution in [-0.4, -0.2) is 13.9 Å². The van der Waals surface area contributed by atoms with Gasteiger partial charge in [-0.1, -0.05) is 12.2 Å². The largest absolute Gasteiger partial charge is 0.409 e. The van der Waals surface area contributed by atoms with Crippen molar-refractivity contribution in [3.8, 4) is 0 Å². The molecule has 0 aromatic rings. The van der Waals surface area contributed by atoms with E-state index < -0.39 is 8.32 Å². The molecule has 0 aliphatic heterocycles. The number of hydrogen-bond acceptors (Lipinski definition) is 1. The Bertz CT molecular complexity index is 169. The predicted octanol–water partition coefficient (Wildman–Crippen LogP) is 2.95. The van der Waals surface area contributed by atoms with Gasteiger partial charge in [-0.25, -0.2) is 0 Å². The molecule has 11 heavy (non-hydrogen) atoms. The lowest BCUT2D eigenvalue weighted by Gasteiger charge is -2.31. The smallest absolute Gasteiger partial charge is 0.184 e. The van der Waals surface area contributed by atoms with Crippen molar-refractivity contribution in [1.29, 1.82) is 0 Å². The van der Waals surface area contributed by atoms with Gasteiger partial charge < -0.3 is 4.43 Å². The zero-order valence-corrected chi connectivity index (χ0v) is 8.98. The van der Waals surface area contributed by atoms with Crippen molar-refractivity contribution in [2.75, 3.05) is 0 Å². The van der Waals surface area contributed by atoms with Crippen molar-refractivity contribution in [2.45, 2.75) is 45.0 Å². The molecule has 0 aromatic heterocycles. The van der Waals surface area contributed by atoms with Crippen LogP contribution >= 0.6 is 0 Å². The van der Waals surface area contributed by atoms with E-state index in [4.69, 9.17) is 4.43 Å². The lowest BCUT2D eigenvalue weighted by molar-refractivity contribution is 0.132. The zero-order chi connectivity index (χ0) is 8.54. The van der Waals surface area contributed by atoms with Crippen LogP contribution < -0.4 is 0 Å². The molecule has 1 nitrogen and oxygen atoms in total. The molecule has 0 amide bonds. The number of rotatable bonds is 2. The number of allylic oxidation sites excluding steroid dienone is 1. The highest BCUT2D eigenvalue weighted by atomic mass is 28.4. The average molecular weight is 170 g/mol. The average Bonchev–Trinajstić information content (AvgIpc) is 2.09. The van der Waals surface area contributed by atoms with Gasteiger partial charge in [0.2, 0.25) is 0 Å². The van der Waals surface area contributed by atoms with Gasteiger partial charge in [-0.3, -0.25) is 0 Å². The molecule has 1 aliphatic carbocycles. The number of hydrogen-bond donors (Lipinski definition) is 0. The van der Waals surface area contributed by atoms with Gasteiger partial charge in [0.25, 0.3) is 0 Å². The van der Waals surface area contributed by atoms with Crippen LogP contribution in [0.15, 0.2) is 12.2 Å². The van der Waals surface area contributed by atoms with Gasteiger partial charge in [0, 0.05) is 0 Å². The standard InChI is InChI=1S/C9H18OSi/c1-9(7-5-6-8-9)10-11(2,3)4/h5,7H,6,8H2,1-4H3. The van der Waals surface area contributed by atoms with E-state index in [1.807, 2.05) is 0 Å². The summed E-state index contributed by atoms with van der Waals surface area (Å²) in [6.45, 7) is 8.91. The van der Waals surface area contributed by atoms with Crippen LogP contribution in [0.25, 0.3) is 0 Å². The third-order valence-corrected chi connectivity index (χ3v) is 2.90. The van der Waals surface area contributed by atoms with E-state index >= 15 is 0 Å². The van der Waals surface area contributed by atoms with Gasteiger partial charge in [-0.2, -0.15) is 0 Å². The molecule has 0 heterocycles. The van der Waals surface area contributed by atoms with E-state index in [2.05, 4.69) is 38.7 Å². The highest BCUT2D eigenvalue weighted by molar-refractivity contribution is 6.69. The van der Waals surface area contributed by atoms with Crippen LogP contribution in [-0.2, 0) is 4.43 Å². The summed E-state index contributed by atoms with van der Waals surface area (Å²) in [6, 6.07) is 0. The quantitative estimate of drug-likeness (QED) is 0.457. The normalized spacial score (nSPS) is 31.3. The van der Waals surface area contributed by atoms with Crippen LogP contribution in [0.4, 0.5) is 0 Å². The van der Waals surface area contributed by atoms with E-state index in [9.17, 15) is 0 Å². The van der Waals surface area contributed by atoms with Crippen molar-refractivity contribution in [3.63, 3.8) is 0 Å². The minimum Gasteiger partial charge on any atom is -0.409 e. The molecule has 1 atom stereocenters. The summed E-state index contributed by atoms with van der Waals surface area (Å²) in [4.78, 5) is 0. The molecule has 0 aromatic carbocycles. The summed E-state index contributed by atoms with van der Waals surface area (Å²) >= 11 is 0. The second kappa shape index (κ2) is 2.76. The van der Waals surface area contributed by atoms with Gasteiger partial charge in [0.15, 0.2) is 8.32 Å². The highest BCUT2D eigenvalue weighted by Gasteiger charge is 2.30. The summed E-state index contributed by atoms with van der Waals surface area (Å²) in [6.07, 6.45) is 6.78. The summed E-state index contributed by atoms with van der Waals surface area (Å²) < 4.78 is 6.04. The molecule has 64 valence electrons. The van der Waals surface area contributed by atoms with Gasteiger partial charge >= 0.3 is 0 Å². The second-order valence-electron chi connectivity index (χ2n) is 4.47. The molecule has 2 heteroatoms. The maximum Gasteiger partial charge on any atom is 0.184 e. The molecular formula is C9H18OSi. The second-order valence-corrected chi connectivity index (χ2v) is 8.90. The molecule has 0 bridgehead atoms. The minimum absolute atomic E-state index is 0.0600. The van der Waals surface area contributed by atoms with E-state index in [0.29, 0.717) is 0 Å². The van der Waals surface area contributed by atoms with Crippen LogP contribution in [0.1, 0.15) is 19.8 Å². The maximum absolute atomic E-state index is 6.04. The predicted molar refractivity (Wildman–Crippen MR) is 51.2 cm³/mol. The van der Waals surface area contributed by atoms with E-state index in [1.165, 1.54) is 6.42 Å².